The van der Waals surface area contributed by atoms with Crippen molar-refractivity contribution in [3.8, 4) is 5.75 Å². The van der Waals surface area contributed by atoms with Crippen LogP contribution < -0.4 is 4.74 Å². The number of nitrogens with zero attached hydrogens (tertiary/aromatic N) is 4. The number of alkyl halides is 3. The van der Waals surface area contributed by atoms with Gasteiger partial charge in [-0.1, -0.05) is 0 Å². The zero-order chi connectivity index (χ0) is 20.3. The third kappa shape index (κ3) is 4.65. The summed E-state index contributed by atoms with van der Waals surface area (Å²) in [6.07, 6.45) is -0.452. The number of likely N-dealkylation sites (tertiary alicyclic amines) is 2. The van der Waals surface area contributed by atoms with Crippen molar-refractivity contribution in [3.05, 3.63) is 17.7 Å². The molecule has 10 heteroatoms. The number of piperidine rings is 1. The van der Waals surface area contributed by atoms with Crippen LogP contribution in [0, 0.1) is 0 Å². The normalized spacial score (nSPS) is 22.7. The molecule has 2 aliphatic rings. The van der Waals surface area contributed by atoms with E-state index in [-0.39, 0.29) is 11.7 Å². The maximum absolute atomic E-state index is 13.0. The number of carboxylic acid groups (broad SMARTS) is 1. The lowest BCUT2D eigenvalue weighted by molar-refractivity contribution is -0.145. The van der Waals surface area contributed by atoms with Crippen molar-refractivity contribution >= 4 is 6.09 Å². The van der Waals surface area contributed by atoms with E-state index >= 15 is 0 Å². The van der Waals surface area contributed by atoms with Gasteiger partial charge in [0.05, 0.1) is 19.0 Å². The number of hydrogen-bond acceptors (Lipinski definition) is 5. The molecule has 2 aliphatic heterocycles. The summed E-state index contributed by atoms with van der Waals surface area (Å²) in [6, 6.07) is 0.309. The molecule has 1 aromatic heterocycles. The molecule has 2 fully saturated rings. The summed E-state index contributed by atoms with van der Waals surface area (Å²) in [7, 11) is 1.41. The van der Waals surface area contributed by atoms with Gasteiger partial charge in [-0.2, -0.15) is 13.2 Å². The number of carbonyl (C=O) groups is 1. The maximum atomic E-state index is 13.0. The molecule has 3 rings (SSSR count). The first-order valence-electron chi connectivity index (χ1n) is 9.49. The van der Waals surface area contributed by atoms with E-state index in [0.29, 0.717) is 37.7 Å². The van der Waals surface area contributed by atoms with Crippen LogP contribution in [-0.2, 0) is 6.18 Å². The van der Waals surface area contributed by atoms with Crippen molar-refractivity contribution in [2.45, 2.75) is 50.2 Å². The van der Waals surface area contributed by atoms with Crippen molar-refractivity contribution < 1.29 is 27.8 Å². The molecule has 0 spiro atoms. The Bertz CT molecular complexity index is 693. The van der Waals surface area contributed by atoms with Gasteiger partial charge in [-0.15, -0.1) is 0 Å². The molecule has 0 saturated carbocycles. The summed E-state index contributed by atoms with van der Waals surface area (Å²) in [5.41, 5.74) is 0.322. The molecule has 1 N–H and O–H groups in total. The van der Waals surface area contributed by atoms with Crippen molar-refractivity contribution in [3.63, 3.8) is 0 Å². The highest BCUT2D eigenvalue weighted by Gasteiger charge is 2.37. The van der Waals surface area contributed by atoms with Gasteiger partial charge in [0.2, 0.25) is 5.82 Å². The van der Waals surface area contributed by atoms with Crippen molar-refractivity contribution in [1.82, 2.24) is 19.8 Å². The molecule has 1 unspecified atom stereocenters. The second-order valence-electron chi connectivity index (χ2n) is 7.31. The Morgan fingerprint density at radius 3 is 2.50 bits per heavy atom. The van der Waals surface area contributed by atoms with Crippen LogP contribution in [0.4, 0.5) is 18.0 Å². The van der Waals surface area contributed by atoms with Crippen LogP contribution in [0.3, 0.4) is 0 Å². The monoisotopic (exact) mass is 402 g/mol. The van der Waals surface area contributed by atoms with E-state index in [0.717, 1.165) is 38.5 Å². The van der Waals surface area contributed by atoms with Crippen LogP contribution >= 0.6 is 0 Å². The molecular formula is C18H25F3N4O3. The van der Waals surface area contributed by atoms with Gasteiger partial charge < -0.3 is 19.6 Å². The van der Waals surface area contributed by atoms with Crippen molar-refractivity contribution in [2.75, 3.05) is 33.3 Å². The van der Waals surface area contributed by atoms with Crippen LogP contribution in [0.2, 0.25) is 0 Å². The first-order valence-corrected chi connectivity index (χ1v) is 9.49. The lowest BCUT2D eigenvalue weighted by atomic mass is 9.91. The Labute approximate surface area is 161 Å². The Balaban J connectivity index is 1.65. The number of amides is 1. The SMILES string of the molecule is COc1cnc(C(F)(F)F)nc1C1CCN(C2CCCN(C(=O)O)CC2)CC1. The minimum Gasteiger partial charge on any atom is -0.493 e. The first-order chi connectivity index (χ1) is 13.3. The van der Waals surface area contributed by atoms with Gasteiger partial charge in [0.25, 0.3) is 0 Å². The van der Waals surface area contributed by atoms with E-state index in [9.17, 15) is 18.0 Å². The molecule has 0 bridgehead atoms. The molecule has 2 saturated heterocycles. The third-order valence-corrected chi connectivity index (χ3v) is 5.66. The van der Waals surface area contributed by atoms with Gasteiger partial charge in [0.1, 0.15) is 0 Å². The molecule has 3 heterocycles. The minimum atomic E-state index is -4.59. The quantitative estimate of drug-likeness (QED) is 0.837. The predicted octanol–water partition coefficient (Wildman–Crippen LogP) is 3.22. The number of rotatable bonds is 3. The Kier molecular flexibility index (Phi) is 6.26. The Morgan fingerprint density at radius 2 is 1.89 bits per heavy atom. The summed E-state index contributed by atoms with van der Waals surface area (Å²) in [4.78, 5) is 22.1. The third-order valence-electron chi connectivity index (χ3n) is 5.66. The van der Waals surface area contributed by atoms with Crippen molar-refractivity contribution in [2.24, 2.45) is 0 Å². The molecule has 0 aromatic carbocycles. The summed E-state index contributed by atoms with van der Waals surface area (Å²) in [6.45, 7) is 2.57. The largest absolute Gasteiger partial charge is 0.493 e. The fourth-order valence-corrected chi connectivity index (χ4v) is 4.14. The highest BCUT2D eigenvalue weighted by atomic mass is 19.4. The summed E-state index contributed by atoms with van der Waals surface area (Å²) < 4.78 is 44.1. The number of halogens is 3. The second-order valence-corrected chi connectivity index (χ2v) is 7.31. The highest BCUT2D eigenvalue weighted by molar-refractivity contribution is 5.64. The standard InChI is InChI=1S/C18H25F3N4O3/c1-28-14-11-22-16(18(19,20)21)23-15(14)12-4-8-24(9-5-12)13-3-2-7-25(10-6-13)17(26)27/h11-13H,2-10H2,1H3,(H,26,27). The number of ether oxygens (including phenoxy) is 1. The lowest BCUT2D eigenvalue weighted by Gasteiger charge is -2.37. The van der Waals surface area contributed by atoms with Crippen LogP contribution in [0.5, 0.6) is 5.75 Å². The molecule has 7 nitrogen and oxygen atoms in total. The van der Waals surface area contributed by atoms with Crippen LogP contribution in [0.15, 0.2) is 6.20 Å². The number of methoxy groups -OCH3 is 1. The second kappa shape index (κ2) is 8.50. The van der Waals surface area contributed by atoms with E-state index in [1.807, 2.05) is 0 Å². The average molecular weight is 402 g/mol. The highest BCUT2D eigenvalue weighted by Crippen LogP contribution is 2.36. The Hall–Kier alpha value is -2.10. The van der Waals surface area contributed by atoms with Gasteiger partial charge in [-0.05, 0) is 45.2 Å². The molecule has 0 aliphatic carbocycles. The topological polar surface area (TPSA) is 78.8 Å². The molecule has 1 amide bonds. The van der Waals surface area contributed by atoms with E-state index < -0.39 is 18.1 Å². The maximum Gasteiger partial charge on any atom is 0.451 e. The summed E-state index contributed by atoms with van der Waals surface area (Å²) in [5, 5.41) is 9.16. The summed E-state index contributed by atoms with van der Waals surface area (Å²) >= 11 is 0. The summed E-state index contributed by atoms with van der Waals surface area (Å²) in [5.74, 6) is -0.960. The smallest absolute Gasteiger partial charge is 0.451 e. The van der Waals surface area contributed by atoms with E-state index in [2.05, 4.69) is 14.9 Å². The lowest BCUT2D eigenvalue weighted by Crippen LogP contribution is -2.42. The van der Waals surface area contributed by atoms with Crippen LogP contribution in [0.1, 0.15) is 49.5 Å². The molecule has 156 valence electrons. The molecule has 1 aromatic rings. The minimum absolute atomic E-state index is 0.114. The van der Waals surface area contributed by atoms with Gasteiger partial charge in [0.15, 0.2) is 5.75 Å². The first kappa shape index (κ1) is 20.6. The molecule has 28 heavy (non-hydrogen) atoms. The van der Waals surface area contributed by atoms with Crippen LogP contribution in [-0.4, -0.2) is 70.3 Å². The zero-order valence-electron chi connectivity index (χ0n) is 15.8. The molecular weight excluding hydrogens is 377 g/mol. The van der Waals surface area contributed by atoms with E-state index in [1.54, 1.807) is 0 Å². The van der Waals surface area contributed by atoms with Gasteiger partial charge in [-0.3, -0.25) is 0 Å². The molecule has 0 radical (unpaired) electrons. The fraction of sp³-hybridized carbons (Fsp3) is 0.722. The van der Waals surface area contributed by atoms with Gasteiger partial charge in [-0.25, -0.2) is 14.8 Å². The van der Waals surface area contributed by atoms with E-state index in [4.69, 9.17) is 9.84 Å². The number of aromatic nitrogens is 2. The van der Waals surface area contributed by atoms with Crippen molar-refractivity contribution in [1.29, 1.82) is 0 Å². The van der Waals surface area contributed by atoms with Gasteiger partial charge in [0, 0.05) is 25.0 Å². The van der Waals surface area contributed by atoms with Crippen LogP contribution in [0.25, 0.3) is 0 Å². The average Bonchev–Trinajstić information content (AvgIpc) is 2.93. The Morgan fingerprint density at radius 1 is 1.18 bits per heavy atom. The number of hydrogen-bond donors (Lipinski definition) is 1. The van der Waals surface area contributed by atoms with Gasteiger partial charge >= 0.3 is 12.3 Å². The predicted molar refractivity (Wildman–Crippen MR) is 94.4 cm³/mol. The molecule has 1 atom stereocenters. The van der Waals surface area contributed by atoms with E-state index in [1.165, 1.54) is 12.0 Å². The fourth-order valence-electron chi connectivity index (χ4n) is 4.14. The zero-order valence-corrected chi connectivity index (χ0v) is 15.8.